The van der Waals surface area contributed by atoms with Crippen molar-refractivity contribution in [3.63, 3.8) is 0 Å². The summed E-state index contributed by atoms with van der Waals surface area (Å²) in [5.41, 5.74) is 0. The van der Waals surface area contributed by atoms with Gasteiger partial charge in [0.25, 0.3) is 0 Å². The van der Waals surface area contributed by atoms with E-state index >= 15 is 0 Å². The van der Waals surface area contributed by atoms with Crippen molar-refractivity contribution in [2.24, 2.45) is 11.8 Å². The van der Waals surface area contributed by atoms with Crippen LogP contribution in [0.1, 0.15) is 46.0 Å². The number of urea groups is 1. The van der Waals surface area contributed by atoms with Crippen LogP contribution in [0.4, 0.5) is 4.79 Å². The number of rotatable bonds is 5. The molecule has 0 unspecified atom stereocenters. The van der Waals surface area contributed by atoms with Crippen molar-refractivity contribution in [3.8, 4) is 0 Å². The fourth-order valence-electron chi connectivity index (χ4n) is 2.70. The molecule has 0 aromatic rings. The van der Waals surface area contributed by atoms with Crippen LogP contribution in [0.2, 0.25) is 0 Å². The number of carbonyl (C=O) groups is 1. The van der Waals surface area contributed by atoms with Gasteiger partial charge in [-0.3, -0.25) is 0 Å². The van der Waals surface area contributed by atoms with E-state index < -0.39 is 6.04 Å². The van der Waals surface area contributed by atoms with Gasteiger partial charge in [-0.1, -0.05) is 26.7 Å². The summed E-state index contributed by atoms with van der Waals surface area (Å²) in [4.78, 5) is 11.7. The third-order valence-electron chi connectivity index (χ3n) is 4.07. The summed E-state index contributed by atoms with van der Waals surface area (Å²) in [6, 6.07) is -0.655. The molecular weight excluding hydrogens is 244 g/mol. The summed E-state index contributed by atoms with van der Waals surface area (Å²) < 4.78 is 0. The van der Waals surface area contributed by atoms with E-state index in [-0.39, 0.29) is 25.3 Å². The molecule has 1 fully saturated rings. The van der Waals surface area contributed by atoms with Gasteiger partial charge in [-0.15, -0.1) is 0 Å². The molecule has 0 radical (unpaired) electrons. The summed E-state index contributed by atoms with van der Waals surface area (Å²) >= 11 is 0. The molecule has 1 saturated carbocycles. The first kappa shape index (κ1) is 16.2. The Morgan fingerprint density at radius 1 is 1.16 bits per heavy atom. The number of hydrogen-bond donors (Lipinski definition) is 4. The highest BCUT2D eigenvalue weighted by Gasteiger charge is 2.22. The molecule has 0 bridgehead atoms. The zero-order valence-electron chi connectivity index (χ0n) is 12.1. The molecule has 0 aromatic heterocycles. The van der Waals surface area contributed by atoms with E-state index in [1.165, 1.54) is 6.42 Å². The van der Waals surface area contributed by atoms with Crippen LogP contribution in [0.15, 0.2) is 0 Å². The second-order valence-corrected chi connectivity index (χ2v) is 5.89. The normalized spacial score (nSPS) is 24.3. The largest absolute Gasteiger partial charge is 0.394 e. The van der Waals surface area contributed by atoms with Gasteiger partial charge in [-0.05, 0) is 31.1 Å². The van der Waals surface area contributed by atoms with Crippen LogP contribution in [0.3, 0.4) is 0 Å². The topological polar surface area (TPSA) is 81.6 Å². The lowest BCUT2D eigenvalue weighted by Gasteiger charge is -2.20. The molecule has 0 saturated heterocycles. The van der Waals surface area contributed by atoms with Crippen molar-refractivity contribution in [1.29, 1.82) is 0 Å². The molecule has 1 rings (SSSR count). The van der Waals surface area contributed by atoms with Crippen LogP contribution in [0, 0.1) is 11.8 Å². The van der Waals surface area contributed by atoms with Gasteiger partial charge in [0.05, 0.1) is 19.3 Å². The highest BCUT2D eigenvalue weighted by Crippen LogP contribution is 2.28. The number of nitrogens with one attached hydrogen (secondary N) is 2. The zero-order chi connectivity index (χ0) is 14.3. The third-order valence-corrected chi connectivity index (χ3v) is 4.07. The Hall–Kier alpha value is -0.810. The standard InChI is InChI=1S/C14H28N2O3/c1-10(2)11-4-3-5-12(7-6-11)15-14(19)16-13(8-17)9-18/h10-13,17-18H,3-9H2,1-2H3,(H2,15,16,19)/t11-,12+/m1/s1. The summed E-state index contributed by atoms with van der Waals surface area (Å²) in [5, 5.41) is 23.4. The van der Waals surface area contributed by atoms with Gasteiger partial charge < -0.3 is 20.8 Å². The van der Waals surface area contributed by atoms with Gasteiger partial charge >= 0.3 is 6.03 Å². The van der Waals surface area contributed by atoms with Crippen molar-refractivity contribution in [3.05, 3.63) is 0 Å². The van der Waals surface area contributed by atoms with E-state index in [2.05, 4.69) is 24.5 Å². The predicted octanol–water partition coefficient (Wildman–Crippen LogP) is 1.24. The van der Waals surface area contributed by atoms with Crippen LogP contribution >= 0.6 is 0 Å². The molecule has 1 aliphatic rings. The molecule has 2 amide bonds. The Balaban J connectivity index is 2.34. The van der Waals surface area contributed by atoms with E-state index in [1.54, 1.807) is 0 Å². The van der Waals surface area contributed by atoms with Gasteiger partial charge in [0.15, 0.2) is 0 Å². The average molecular weight is 272 g/mol. The summed E-state index contributed by atoms with van der Waals surface area (Å²) in [6.45, 7) is 4.03. The van der Waals surface area contributed by atoms with E-state index in [0.717, 1.165) is 31.6 Å². The smallest absolute Gasteiger partial charge is 0.315 e. The van der Waals surface area contributed by atoms with Crippen LogP contribution in [0.25, 0.3) is 0 Å². The highest BCUT2D eigenvalue weighted by molar-refractivity contribution is 5.74. The zero-order valence-corrected chi connectivity index (χ0v) is 12.1. The van der Waals surface area contributed by atoms with E-state index in [0.29, 0.717) is 5.92 Å². The van der Waals surface area contributed by atoms with E-state index in [9.17, 15) is 4.79 Å². The Morgan fingerprint density at radius 2 is 1.84 bits per heavy atom. The fraction of sp³-hybridized carbons (Fsp3) is 0.929. The molecule has 5 heteroatoms. The van der Waals surface area contributed by atoms with Crippen molar-refractivity contribution < 1.29 is 15.0 Å². The Bertz CT molecular complexity index is 267. The molecule has 5 nitrogen and oxygen atoms in total. The molecule has 1 aliphatic carbocycles. The quantitative estimate of drug-likeness (QED) is 0.568. The molecule has 112 valence electrons. The molecule has 0 aliphatic heterocycles. The highest BCUT2D eigenvalue weighted by atomic mass is 16.3. The number of aliphatic hydroxyl groups is 2. The number of hydrogen-bond acceptors (Lipinski definition) is 3. The number of carbonyl (C=O) groups excluding carboxylic acids is 1. The number of aliphatic hydroxyl groups excluding tert-OH is 2. The second kappa shape index (κ2) is 8.38. The lowest BCUT2D eigenvalue weighted by molar-refractivity contribution is 0.167. The Morgan fingerprint density at radius 3 is 2.42 bits per heavy atom. The Kier molecular flexibility index (Phi) is 7.16. The van der Waals surface area contributed by atoms with Gasteiger partial charge in [0, 0.05) is 6.04 Å². The first-order chi connectivity index (χ1) is 9.06. The maximum Gasteiger partial charge on any atom is 0.315 e. The summed E-state index contributed by atoms with van der Waals surface area (Å²) in [7, 11) is 0. The fourth-order valence-corrected chi connectivity index (χ4v) is 2.70. The lowest BCUT2D eigenvalue weighted by atomic mass is 9.89. The maximum atomic E-state index is 11.7. The van der Waals surface area contributed by atoms with Crippen LogP contribution < -0.4 is 10.6 Å². The van der Waals surface area contributed by atoms with Gasteiger partial charge in [0.2, 0.25) is 0 Å². The molecule has 0 spiro atoms. The minimum absolute atomic E-state index is 0.210. The molecule has 2 atom stereocenters. The molecule has 4 N–H and O–H groups in total. The monoisotopic (exact) mass is 272 g/mol. The van der Waals surface area contributed by atoms with Crippen molar-refractivity contribution in [2.45, 2.75) is 58.0 Å². The van der Waals surface area contributed by atoms with Crippen molar-refractivity contribution >= 4 is 6.03 Å². The van der Waals surface area contributed by atoms with Crippen molar-refractivity contribution in [2.75, 3.05) is 13.2 Å². The van der Waals surface area contributed by atoms with E-state index in [4.69, 9.17) is 10.2 Å². The van der Waals surface area contributed by atoms with Crippen LogP contribution in [-0.2, 0) is 0 Å². The van der Waals surface area contributed by atoms with Gasteiger partial charge in [-0.25, -0.2) is 4.79 Å². The molecular formula is C14H28N2O3. The minimum atomic E-state index is -0.575. The minimum Gasteiger partial charge on any atom is -0.394 e. The number of amides is 2. The van der Waals surface area contributed by atoms with Crippen LogP contribution in [-0.4, -0.2) is 41.5 Å². The average Bonchev–Trinajstić information content (AvgIpc) is 2.61. The maximum absolute atomic E-state index is 11.7. The molecule has 0 heterocycles. The molecule has 0 aromatic carbocycles. The predicted molar refractivity (Wildman–Crippen MR) is 74.8 cm³/mol. The summed E-state index contributed by atoms with van der Waals surface area (Å²) in [5.74, 6) is 1.47. The third kappa shape index (κ3) is 5.78. The lowest BCUT2D eigenvalue weighted by Crippen LogP contribution is -2.48. The van der Waals surface area contributed by atoms with E-state index in [1.807, 2.05) is 0 Å². The Labute approximate surface area is 115 Å². The van der Waals surface area contributed by atoms with Crippen molar-refractivity contribution in [1.82, 2.24) is 10.6 Å². The molecule has 19 heavy (non-hydrogen) atoms. The van der Waals surface area contributed by atoms with Crippen LogP contribution in [0.5, 0.6) is 0 Å². The summed E-state index contributed by atoms with van der Waals surface area (Å²) in [6.07, 6.45) is 5.58. The van der Waals surface area contributed by atoms with Gasteiger partial charge in [-0.2, -0.15) is 0 Å². The van der Waals surface area contributed by atoms with Gasteiger partial charge in [0.1, 0.15) is 0 Å². The first-order valence-electron chi connectivity index (χ1n) is 7.35. The SMILES string of the molecule is CC(C)[C@@H]1CCC[C@H](NC(=O)NC(CO)CO)CC1. The second-order valence-electron chi connectivity index (χ2n) is 5.89. The first-order valence-corrected chi connectivity index (χ1v) is 7.35.